The number of halogens is 1. The van der Waals surface area contributed by atoms with Gasteiger partial charge in [-0.3, -0.25) is 0 Å². The van der Waals surface area contributed by atoms with Gasteiger partial charge in [-0.05, 0) is 73.9 Å². The molecule has 2 N–H and O–H groups in total. The van der Waals surface area contributed by atoms with Crippen molar-refractivity contribution in [3.05, 3.63) is 45.6 Å². The van der Waals surface area contributed by atoms with Crippen LogP contribution in [0.4, 0.5) is 0 Å². The van der Waals surface area contributed by atoms with Crippen LogP contribution in [0.3, 0.4) is 0 Å². The molecule has 0 spiro atoms. The molecule has 0 bridgehead atoms. The van der Waals surface area contributed by atoms with Gasteiger partial charge in [0.05, 0.1) is 0 Å². The topological polar surface area (TPSA) is 27.8 Å². The Balaban J connectivity index is 1.81. The molecule has 2 heterocycles. The van der Waals surface area contributed by atoms with Gasteiger partial charge in [-0.25, -0.2) is 0 Å². The van der Waals surface area contributed by atoms with E-state index in [9.17, 15) is 0 Å². The summed E-state index contributed by atoms with van der Waals surface area (Å²) in [6.07, 6.45) is 7.70. The summed E-state index contributed by atoms with van der Waals surface area (Å²) in [5.74, 6) is 0. The van der Waals surface area contributed by atoms with Crippen molar-refractivity contribution in [2.45, 2.75) is 44.6 Å². The fourth-order valence-electron chi connectivity index (χ4n) is 3.86. The van der Waals surface area contributed by atoms with E-state index in [4.69, 9.17) is 0 Å². The number of aromatic amines is 1. The third kappa shape index (κ3) is 2.47. The summed E-state index contributed by atoms with van der Waals surface area (Å²) >= 11 is 3.53. The highest BCUT2D eigenvalue weighted by Crippen LogP contribution is 2.38. The Kier molecular flexibility index (Phi) is 3.64. The Bertz CT molecular complexity index is 636. The van der Waals surface area contributed by atoms with Gasteiger partial charge >= 0.3 is 0 Å². The molecular weight excluding hydrogens is 324 g/mol. The largest absolute Gasteiger partial charge is 0.357 e. The minimum Gasteiger partial charge on any atom is -0.357 e. The van der Waals surface area contributed by atoms with Gasteiger partial charge in [0.15, 0.2) is 0 Å². The van der Waals surface area contributed by atoms with Crippen LogP contribution in [0, 0.1) is 0 Å². The number of benzene rings is 1. The van der Waals surface area contributed by atoms with Crippen molar-refractivity contribution < 1.29 is 0 Å². The monoisotopic (exact) mass is 344 g/mol. The van der Waals surface area contributed by atoms with Gasteiger partial charge in [-0.2, -0.15) is 0 Å². The lowest BCUT2D eigenvalue weighted by Gasteiger charge is -2.16. The van der Waals surface area contributed by atoms with Crippen molar-refractivity contribution in [1.82, 2.24) is 10.3 Å². The van der Waals surface area contributed by atoms with E-state index in [1.807, 2.05) is 0 Å². The summed E-state index contributed by atoms with van der Waals surface area (Å²) in [5.41, 5.74) is 7.34. The number of aromatic nitrogens is 1. The molecule has 0 amide bonds. The maximum Gasteiger partial charge on any atom is 0.0491 e. The van der Waals surface area contributed by atoms with Gasteiger partial charge in [0.25, 0.3) is 0 Å². The third-order valence-electron chi connectivity index (χ3n) is 4.90. The second-order valence-corrected chi connectivity index (χ2v) is 7.15. The summed E-state index contributed by atoms with van der Waals surface area (Å²) in [5, 5.41) is 3.66. The minimum absolute atomic E-state index is 0.543. The van der Waals surface area contributed by atoms with Crippen LogP contribution in [-0.4, -0.2) is 11.5 Å². The molecule has 3 heteroatoms. The quantitative estimate of drug-likeness (QED) is 0.808. The molecular formula is C18H21BrN2. The first-order valence-corrected chi connectivity index (χ1v) is 8.85. The Morgan fingerprint density at radius 2 is 1.71 bits per heavy atom. The van der Waals surface area contributed by atoms with Crippen molar-refractivity contribution in [3.8, 4) is 11.3 Å². The van der Waals surface area contributed by atoms with Crippen LogP contribution >= 0.6 is 15.9 Å². The summed E-state index contributed by atoms with van der Waals surface area (Å²) in [4.78, 5) is 3.79. The lowest BCUT2D eigenvalue weighted by Crippen LogP contribution is -2.15. The van der Waals surface area contributed by atoms with E-state index in [0.29, 0.717) is 6.04 Å². The Hall–Kier alpha value is -1.06. The predicted molar refractivity (Wildman–Crippen MR) is 90.5 cm³/mol. The third-order valence-corrected chi connectivity index (χ3v) is 5.42. The first kappa shape index (κ1) is 13.6. The van der Waals surface area contributed by atoms with E-state index >= 15 is 0 Å². The normalized spacial score (nSPS) is 21.5. The summed E-state index contributed by atoms with van der Waals surface area (Å²) < 4.78 is 1.14. The highest BCUT2D eigenvalue weighted by molar-refractivity contribution is 9.10. The summed E-state index contributed by atoms with van der Waals surface area (Å²) in [7, 11) is 0. The fourth-order valence-corrected chi connectivity index (χ4v) is 4.12. The highest BCUT2D eigenvalue weighted by Gasteiger charge is 2.27. The van der Waals surface area contributed by atoms with Crippen LogP contribution in [0.1, 0.15) is 48.5 Å². The van der Waals surface area contributed by atoms with Gasteiger partial charge in [0, 0.05) is 21.9 Å². The van der Waals surface area contributed by atoms with E-state index in [1.165, 1.54) is 55.5 Å². The van der Waals surface area contributed by atoms with E-state index < -0.39 is 0 Å². The first-order chi connectivity index (χ1) is 10.3. The zero-order valence-corrected chi connectivity index (χ0v) is 13.8. The molecule has 110 valence electrons. The molecule has 0 radical (unpaired) electrons. The molecule has 2 aromatic rings. The van der Waals surface area contributed by atoms with Crippen molar-refractivity contribution in [3.63, 3.8) is 0 Å². The molecule has 1 unspecified atom stereocenters. The zero-order valence-electron chi connectivity index (χ0n) is 12.2. The number of rotatable bonds is 2. The molecule has 1 fully saturated rings. The van der Waals surface area contributed by atoms with Gasteiger partial charge in [0.2, 0.25) is 0 Å². The van der Waals surface area contributed by atoms with E-state index in [1.54, 1.807) is 11.1 Å². The molecule has 1 atom stereocenters. The van der Waals surface area contributed by atoms with Crippen LogP contribution in [0.15, 0.2) is 28.7 Å². The van der Waals surface area contributed by atoms with Crippen LogP contribution in [0.25, 0.3) is 11.3 Å². The molecule has 1 aromatic carbocycles. The Morgan fingerprint density at radius 3 is 2.43 bits per heavy atom. The van der Waals surface area contributed by atoms with Crippen LogP contribution in [0.5, 0.6) is 0 Å². The molecule has 0 saturated carbocycles. The molecule has 4 rings (SSSR count). The van der Waals surface area contributed by atoms with Gasteiger partial charge in [0.1, 0.15) is 0 Å². The van der Waals surface area contributed by atoms with Crippen molar-refractivity contribution >= 4 is 15.9 Å². The summed E-state index contributed by atoms with van der Waals surface area (Å²) in [6.45, 7) is 1.16. The number of nitrogens with one attached hydrogen (secondary N) is 2. The van der Waals surface area contributed by atoms with Gasteiger partial charge in [-0.1, -0.05) is 28.1 Å². The predicted octanol–water partition coefficient (Wildman–Crippen LogP) is 4.75. The molecule has 1 aliphatic carbocycles. The van der Waals surface area contributed by atoms with E-state index in [-0.39, 0.29) is 0 Å². The van der Waals surface area contributed by atoms with Crippen molar-refractivity contribution in [1.29, 1.82) is 0 Å². The first-order valence-electron chi connectivity index (χ1n) is 8.06. The van der Waals surface area contributed by atoms with E-state index in [0.717, 1.165) is 11.0 Å². The molecule has 21 heavy (non-hydrogen) atoms. The lowest BCUT2D eigenvalue weighted by atomic mass is 9.89. The molecule has 2 aliphatic rings. The minimum atomic E-state index is 0.543. The second kappa shape index (κ2) is 5.62. The standard InChI is InChI=1S/C18H21BrN2/c19-13-9-7-12(8-10-13)17-14-4-1-2-5-15(14)18(21-17)16-6-3-11-20-16/h7-10,16,20-21H,1-6,11H2. The fraction of sp³-hybridized carbons (Fsp3) is 0.444. The molecule has 1 aliphatic heterocycles. The average Bonchev–Trinajstić information content (AvgIpc) is 3.15. The molecule has 1 saturated heterocycles. The SMILES string of the molecule is Brc1ccc(-c2[nH]c(C3CCCN3)c3c2CCCC3)cc1. The van der Waals surface area contributed by atoms with Crippen LogP contribution in [0.2, 0.25) is 0 Å². The van der Waals surface area contributed by atoms with Gasteiger partial charge < -0.3 is 10.3 Å². The number of hydrogen-bond donors (Lipinski definition) is 2. The van der Waals surface area contributed by atoms with Crippen LogP contribution in [-0.2, 0) is 12.8 Å². The second-order valence-electron chi connectivity index (χ2n) is 6.23. The van der Waals surface area contributed by atoms with Crippen LogP contribution < -0.4 is 5.32 Å². The lowest BCUT2D eigenvalue weighted by molar-refractivity contribution is 0.611. The summed E-state index contributed by atoms with van der Waals surface area (Å²) in [6, 6.07) is 9.26. The van der Waals surface area contributed by atoms with Crippen molar-refractivity contribution in [2.24, 2.45) is 0 Å². The average molecular weight is 345 g/mol. The maximum atomic E-state index is 3.79. The number of H-pyrrole nitrogens is 1. The Morgan fingerprint density at radius 1 is 0.952 bits per heavy atom. The number of fused-ring (bicyclic) bond motifs is 1. The Labute approximate surface area is 134 Å². The van der Waals surface area contributed by atoms with Gasteiger partial charge in [-0.15, -0.1) is 0 Å². The molecule has 2 nitrogen and oxygen atoms in total. The number of hydrogen-bond acceptors (Lipinski definition) is 1. The molecule has 1 aromatic heterocycles. The van der Waals surface area contributed by atoms with Crippen molar-refractivity contribution in [2.75, 3.05) is 6.54 Å². The smallest absolute Gasteiger partial charge is 0.0491 e. The highest BCUT2D eigenvalue weighted by atomic mass is 79.9. The maximum absolute atomic E-state index is 3.79. The zero-order chi connectivity index (χ0) is 14.2. The van der Waals surface area contributed by atoms with E-state index in [2.05, 4.69) is 50.5 Å².